The van der Waals surface area contributed by atoms with E-state index in [0.29, 0.717) is 18.8 Å². The van der Waals surface area contributed by atoms with Gasteiger partial charge in [0, 0.05) is 24.7 Å². The fraction of sp³-hybridized carbons (Fsp3) is 0.294. The molecule has 1 aromatic carbocycles. The van der Waals surface area contributed by atoms with Gasteiger partial charge in [-0.15, -0.1) is 0 Å². The Morgan fingerprint density at radius 1 is 1.35 bits per heavy atom. The van der Waals surface area contributed by atoms with Gasteiger partial charge < -0.3 is 15.0 Å². The van der Waals surface area contributed by atoms with E-state index in [1.165, 1.54) is 12.4 Å². The number of nitrogens with zero attached hydrogens (tertiary/aromatic N) is 4. The quantitative estimate of drug-likeness (QED) is 0.715. The Labute approximate surface area is 160 Å². The van der Waals surface area contributed by atoms with Crippen LogP contribution in [0.15, 0.2) is 35.1 Å². The average molecular weight is 419 g/mol. The summed E-state index contributed by atoms with van der Waals surface area (Å²) in [5.41, 5.74) is 1.72. The first kappa shape index (κ1) is 19.6. The molecule has 0 radical (unpaired) electrons. The molecule has 0 aliphatic carbocycles. The lowest BCUT2D eigenvalue weighted by Crippen LogP contribution is -2.29. The number of anilines is 3. The molecule has 0 saturated heterocycles. The second-order valence-electron chi connectivity index (χ2n) is 5.21. The van der Waals surface area contributed by atoms with Crippen molar-refractivity contribution < 1.29 is 9.53 Å². The van der Waals surface area contributed by atoms with E-state index in [1.807, 2.05) is 31.2 Å². The lowest BCUT2D eigenvalue weighted by molar-refractivity contribution is 0.205. The van der Waals surface area contributed by atoms with Gasteiger partial charge in [-0.05, 0) is 25.1 Å². The minimum absolute atomic E-state index is 0.182. The van der Waals surface area contributed by atoms with E-state index >= 15 is 0 Å². The Morgan fingerprint density at radius 2 is 2.15 bits per heavy atom. The van der Waals surface area contributed by atoms with Crippen LogP contribution in [0.4, 0.5) is 22.0 Å². The molecule has 0 atom stereocenters. The highest BCUT2D eigenvalue weighted by Gasteiger charge is 2.13. The molecule has 2 amide bonds. The molecule has 0 spiro atoms. The van der Waals surface area contributed by atoms with Crippen LogP contribution in [0, 0.1) is 11.3 Å². The topological polar surface area (TPSA) is 103 Å². The normalized spacial score (nSPS) is 10.1. The number of urea groups is 1. The average Bonchev–Trinajstić information content (AvgIpc) is 2.64. The van der Waals surface area contributed by atoms with Crippen molar-refractivity contribution >= 4 is 39.2 Å². The Morgan fingerprint density at radius 3 is 2.77 bits per heavy atom. The molecular formula is C17H19BrN6O2. The summed E-state index contributed by atoms with van der Waals surface area (Å²) in [5.74, 6) is 0.254. The SMILES string of the molecule is CCN(CCOC)c1ccc(Br)cc1NC(=O)Nc1cnc(C#N)cn1. The van der Waals surface area contributed by atoms with Gasteiger partial charge in [0.05, 0.1) is 30.4 Å². The number of aromatic nitrogens is 2. The number of nitrogens with one attached hydrogen (secondary N) is 2. The minimum atomic E-state index is -0.453. The van der Waals surface area contributed by atoms with Gasteiger partial charge in [0.15, 0.2) is 11.5 Å². The molecule has 0 aliphatic heterocycles. The Bertz CT molecular complexity index is 791. The van der Waals surface area contributed by atoms with Gasteiger partial charge in [0.1, 0.15) is 6.07 Å². The summed E-state index contributed by atoms with van der Waals surface area (Å²) >= 11 is 3.42. The number of nitriles is 1. The first-order valence-electron chi connectivity index (χ1n) is 7.91. The molecule has 9 heteroatoms. The van der Waals surface area contributed by atoms with E-state index in [9.17, 15) is 4.79 Å². The fourth-order valence-corrected chi connectivity index (χ4v) is 2.62. The number of hydrogen-bond donors (Lipinski definition) is 2. The molecule has 2 aromatic rings. The summed E-state index contributed by atoms with van der Waals surface area (Å²) in [4.78, 5) is 22.3. The van der Waals surface area contributed by atoms with Gasteiger partial charge in [-0.1, -0.05) is 15.9 Å². The molecule has 0 bridgehead atoms. The largest absolute Gasteiger partial charge is 0.383 e. The standard InChI is InChI=1S/C17H19BrN6O2/c1-3-24(6-7-26-2)15-5-4-12(18)8-14(15)22-17(25)23-16-11-20-13(9-19)10-21-16/h4-5,8,10-11H,3,6-7H2,1-2H3,(H2,21,22,23,25). The number of carbonyl (C=O) groups excluding carboxylic acids is 1. The highest BCUT2D eigenvalue weighted by molar-refractivity contribution is 9.10. The maximum atomic E-state index is 12.3. The molecule has 1 aromatic heterocycles. The van der Waals surface area contributed by atoms with E-state index in [4.69, 9.17) is 10.00 Å². The van der Waals surface area contributed by atoms with Crippen molar-refractivity contribution in [2.45, 2.75) is 6.92 Å². The van der Waals surface area contributed by atoms with Crippen molar-refractivity contribution in [1.29, 1.82) is 5.26 Å². The summed E-state index contributed by atoms with van der Waals surface area (Å²) in [7, 11) is 1.65. The summed E-state index contributed by atoms with van der Waals surface area (Å²) in [6, 6.07) is 7.10. The van der Waals surface area contributed by atoms with Crippen LogP contribution >= 0.6 is 15.9 Å². The summed E-state index contributed by atoms with van der Waals surface area (Å²) in [5, 5.41) is 14.1. The smallest absolute Gasteiger partial charge is 0.324 e. The molecule has 0 fully saturated rings. The van der Waals surface area contributed by atoms with Gasteiger partial charge in [0.25, 0.3) is 0 Å². The van der Waals surface area contributed by atoms with Crippen molar-refractivity contribution in [3.8, 4) is 6.07 Å². The van der Waals surface area contributed by atoms with E-state index in [1.54, 1.807) is 7.11 Å². The van der Waals surface area contributed by atoms with Crippen LogP contribution in [0.25, 0.3) is 0 Å². The van der Waals surface area contributed by atoms with Gasteiger partial charge in [-0.2, -0.15) is 5.26 Å². The van der Waals surface area contributed by atoms with Crippen molar-refractivity contribution in [2.24, 2.45) is 0 Å². The van der Waals surface area contributed by atoms with Crippen LogP contribution in [0.5, 0.6) is 0 Å². The van der Waals surface area contributed by atoms with Crippen LogP contribution in [0.2, 0.25) is 0 Å². The highest BCUT2D eigenvalue weighted by Crippen LogP contribution is 2.29. The monoisotopic (exact) mass is 418 g/mol. The summed E-state index contributed by atoms with van der Waals surface area (Å²) in [6.45, 7) is 4.08. The number of amides is 2. The van der Waals surface area contributed by atoms with E-state index in [0.717, 1.165) is 16.7 Å². The lowest BCUT2D eigenvalue weighted by Gasteiger charge is -2.25. The Balaban J connectivity index is 2.14. The predicted molar refractivity (Wildman–Crippen MR) is 103 cm³/mol. The Hall–Kier alpha value is -2.70. The second kappa shape index (κ2) is 9.70. The molecule has 8 nitrogen and oxygen atoms in total. The number of methoxy groups -OCH3 is 1. The number of carbonyl (C=O) groups is 1. The Kier molecular flexibility index (Phi) is 7.32. The molecule has 1 heterocycles. The highest BCUT2D eigenvalue weighted by atomic mass is 79.9. The molecule has 0 unspecified atom stereocenters. The molecule has 2 rings (SSSR count). The predicted octanol–water partition coefficient (Wildman–Crippen LogP) is 3.23. The maximum Gasteiger partial charge on any atom is 0.324 e. The summed E-state index contributed by atoms with van der Waals surface area (Å²) < 4.78 is 5.99. The van der Waals surface area contributed by atoms with Gasteiger partial charge >= 0.3 is 6.03 Å². The first-order valence-corrected chi connectivity index (χ1v) is 8.70. The molecule has 2 N–H and O–H groups in total. The summed E-state index contributed by atoms with van der Waals surface area (Å²) in [6.07, 6.45) is 2.63. The number of likely N-dealkylation sites (N-methyl/N-ethyl adjacent to an activating group) is 1. The minimum Gasteiger partial charge on any atom is -0.383 e. The molecule has 0 saturated carbocycles. The number of hydrogen-bond acceptors (Lipinski definition) is 6. The van der Waals surface area contributed by atoms with Crippen LogP contribution in [-0.4, -0.2) is 42.8 Å². The van der Waals surface area contributed by atoms with Crippen molar-refractivity contribution in [3.63, 3.8) is 0 Å². The zero-order chi connectivity index (χ0) is 18.9. The van der Waals surface area contributed by atoms with E-state index in [2.05, 4.69) is 41.4 Å². The third-order valence-corrected chi connectivity index (χ3v) is 4.00. The maximum absolute atomic E-state index is 12.3. The van der Waals surface area contributed by atoms with Gasteiger partial charge in [-0.25, -0.2) is 14.8 Å². The lowest BCUT2D eigenvalue weighted by atomic mass is 10.2. The number of rotatable bonds is 7. The third kappa shape index (κ3) is 5.40. The van der Waals surface area contributed by atoms with Gasteiger partial charge in [-0.3, -0.25) is 5.32 Å². The third-order valence-electron chi connectivity index (χ3n) is 3.50. The fourth-order valence-electron chi connectivity index (χ4n) is 2.25. The van der Waals surface area contributed by atoms with E-state index in [-0.39, 0.29) is 11.5 Å². The van der Waals surface area contributed by atoms with Crippen LogP contribution in [-0.2, 0) is 4.74 Å². The molecular weight excluding hydrogens is 400 g/mol. The van der Waals surface area contributed by atoms with Crippen molar-refractivity contribution in [1.82, 2.24) is 9.97 Å². The van der Waals surface area contributed by atoms with Gasteiger partial charge in [0.2, 0.25) is 0 Å². The van der Waals surface area contributed by atoms with E-state index < -0.39 is 6.03 Å². The zero-order valence-corrected chi connectivity index (χ0v) is 16.1. The molecule has 26 heavy (non-hydrogen) atoms. The molecule has 0 aliphatic rings. The van der Waals surface area contributed by atoms with Crippen molar-refractivity contribution in [2.75, 3.05) is 42.3 Å². The zero-order valence-electron chi connectivity index (χ0n) is 14.5. The first-order chi connectivity index (χ1) is 12.6. The van der Waals surface area contributed by atoms with Crippen LogP contribution < -0.4 is 15.5 Å². The molecule has 136 valence electrons. The number of benzene rings is 1. The number of ether oxygens (including phenoxy) is 1. The van der Waals surface area contributed by atoms with Crippen LogP contribution in [0.3, 0.4) is 0 Å². The van der Waals surface area contributed by atoms with Crippen LogP contribution in [0.1, 0.15) is 12.6 Å². The van der Waals surface area contributed by atoms with Crippen molar-refractivity contribution in [3.05, 3.63) is 40.8 Å². The number of halogens is 1. The second-order valence-corrected chi connectivity index (χ2v) is 6.13.